The molecule has 3 aromatic rings. The molecule has 10 heteroatoms. The summed E-state index contributed by atoms with van der Waals surface area (Å²) in [5.41, 5.74) is 2.13. The number of carbonyl (C=O) groups is 1. The fraction of sp³-hybridized carbons (Fsp3) is 0.429. The number of nitrogens with one attached hydrogen (secondary N) is 1. The fourth-order valence-electron chi connectivity index (χ4n) is 3.05. The molecule has 0 atom stereocenters. The molecule has 166 valence electrons. The first kappa shape index (κ1) is 23.6. The molecule has 0 bridgehead atoms. The van der Waals surface area contributed by atoms with Gasteiger partial charge in [0.2, 0.25) is 5.91 Å². The molecule has 0 saturated heterocycles. The first-order valence-corrected chi connectivity index (χ1v) is 12.3. The monoisotopic (exact) mass is 479 g/mol. The van der Waals surface area contributed by atoms with Crippen molar-refractivity contribution < 1.29 is 9.53 Å². The Morgan fingerprint density at radius 1 is 1.26 bits per heavy atom. The number of halogens is 1. The Balaban J connectivity index is 1.74. The summed E-state index contributed by atoms with van der Waals surface area (Å²) in [5, 5.41) is 5.20. The van der Waals surface area contributed by atoms with Crippen molar-refractivity contribution in [1.82, 2.24) is 15.0 Å². The molecule has 2 aromatic heterocycles. The minimum absolute atomic E-state index is 0.153. The number of aryl methyl sites for hydroxylation is 1. The number of thiazole rings is 1. The highest BCUT2D eigenvalue weighted by Crippen LogP contribution is 2.34. The van der Waals surface area contributed by atoms with E-state index in [1.165, 1.54) is 18.1 Å². The summed E-state index contributed by atoms with van der Waals surface area (Å²) in [4.78, 5) is 28.3. The lowest BCUT2D eigenvalue weighted by molar-refractivity contribution is -0.113. The predicted molar refractivity (Wildman–Crippen MR) is 130 cm³/mol. The molecule has 0 aliphatic carbocycles. The number of hydrogen-bond donors (Lipinski definition) is 1. The molecule has 0 fully saturated rings. The van der Waals surface area contributed by atoms with Crippen LogP contribution >= 0.6 is 34.7 Å². The van der Waals surface area contributed by atoms with E-state index in [9.17, 15) is 4.79 Å². The highest BCUT2D eigenvalue weighted by molar-refractivity contribution is 8.00. The van der Waals surface area contributed by atoms with Crippen molar-refractivity contribution >= 4 is 61.8 Å². The second-order valence-corrected chi connectivity index (χ2v) is 9.30. The molecule has 0 radical (unpaired) electrons. The Morgan fingerprint density at radius 3 is 2.68 bits per heavy atom. The Morgan fingerprint density at radius 2 is 2.00 bits per heavy atom. The number of ether oxygens (including phenoxy) is 1. The molecule has 0 unspecified atom stereocenters. The van der Waals surface area contributed by atoms with Gasteiger partial charge in [-0.25, -0.2) is 9.97 Å². The van der Waals surface area contributed by atoms with Crippen LogP contribution in [-0.4, -0.2) is 46.8 Å². The van der Waals surface area contributed by atoms with Crippen LogP contribution in [0.15, 0.2) is 23.5 Å². The van der Waals surface area contributed by atoms with Crippen molar-refractivity contribution in [3.05, 3.63) is 29.0 Å². The van der Waals surface area contributed by atoms with Gasteiger partial charge in [0, 0.05) is 24.2 Å². The van der Waals surface area contributed by atoms with Crippen LogP contribution in [0.2, 0.25) is 5.02 Å². The number of rotatable bonds is 10. The normalized spacial score (nSPS) is 11.0. The maximum absolute atomic E-state index is 12.6. The lowest BCUT2D eigenvalue weighted by Gasteiger charge is -2.19. The molecule has 1 N–H and O–H groups in total. The minimum Gasteiger partial charge on any atom is -0.495 e. The Kier molecular flexibility index (Phi) is 8.34. The molecule has 0 saturated carbocycles. The van der Waals surface area contributed by atoms with E-state index in [4.69, 9.17) is 21.3 Å². The van der Waals surface area contributed by atoms with Crippen molar-refractivity contribution in [3.8, 4) is 5.75 Å². The number of anilines is 2. The van der Waals surface area contributed by atoms with Crippen LogP contribution in [0.1, 0.15) is 32.3 Å². The number of thioether (sulfide) groups is 1. The summed E-state index contributed by atoms with van der Waals surface area (Å²) in [6.45, 7) is 8.11. The number of carbonyl (C=O) groups excluding carboxylic acids is 1. The second-order valence-electron chi connectivity index (χ2n) is 6.95. The number of fused-ring (bicyclic) bond motifs is 1. The average molecular weight is 480 g/mol. The summed E-state index contributed by atoms with van der Waals surface area (Å²) >= 11 is 9.09. The maximum atomic E-state index is 12.6. The van der Waals surface area contributed by atoms with Gasteiger partial charge in [-0.15, -0.1) is 0 Å². The zero-order chi connectivity index (χ0) is 22.4. The van der Waals surface area contributed by atoms with Gasteiger partial charge in [0.05, 0.1) is 18.6 Å². The lowest BCUT2D eigenvalue weighted by Crippen LogP contribution is -2.24. The van der Waals surface area contributed by atoms with E-state index in [0.29, 0.717) is 22.1 Å². The van der Waals surface area contributed by atoms with E-state index in [1.807, 2.05) is 6.92 Å². The molecule has 3 rings (SSSR count). The lowest BCUT2D eigenvalue weighted by atomic mass is 10.2. The van der Waals surface area contributed by atoms with Crippen LogP contribution in [0.5, 0.6) is 5.75 Å². The number of aromatic nitrogens is 3. The highest BCUT2D eigenvalue weighted by Gasteiger charge is 2.17. The van der Waals surface area contributed by atoms with Gasteiger partial charge in [-0.3, -0.25) is 4.79 Å². The summed E-state index contributed by atoms with van der Waals surface area (Å²) in [6, 6.07) is 3.50. The van der Waals surface area contributed by atoms with E-state index >= 15 is 0 Å². The molecule has 0 aliphatic rings. The van der Waals surface area contributed by atoms with Gasteiger partial charge in [-0.1, -0.05) is 48.5 Å². The molecular formula is C21H26ClN5O2S2. The van der Waals surface area contributed by atoms with E-state index in [0.717, 1.165) is 46.4 Å². The molecule has 0 spiro atoms. The van der Waals surface area contributed by atoms with Gasteiger partial charge in [0.25, 0.3) is 0 Å². The van der Waals surface area contributed by atoms with Crippen LogP contribution in [0.3, 0.4) is 0 Å². The topological polar surface area (TPSA) is 80.2 Å². The zero-order valence-corrected chi connectivity index (χ0v) is 20.5. The maximum Gasteiger partial charge on any atom is 0.234 e. The van der Waals surface area contributed by atoms with Crippen molar-refractivity contribution in [2.45, 2.75) is 38.6 Å². The number of benzene rings is 1. The fourth-order valence-corrected chi connectivity index (χ4v) is 5.15. The van der Waals surface area contributed by atoms with Crippen molar-refractivity contribution in [2.75, 3.05) is 36.2 Å². The van der Waals surface area contributed by atoms with Crippen LogP contribution in [-0.2, 0) is 4.79 Å². The standard InChI is InChI=1S/C21H26ClN5O2S2/c1-5-7-27(8-6-2)21-26-19-18(31-21)20(24-12-23-19)30-11-17(28)25-15-9-13(3)14(22)10-16(15)29-4/h9-10,12H,5-8,11H2,1-4H3,(H,25,28). The summed E-state index contributed by atoms with van der Waals surface area (Å²) in [5.74, 6) is 0.579. The number of hydrogen-bond acceptors (Lipinski definition) is 8. The largest absolute Gasteiger partial charge is 0.495 e. The molecular weight excluding hydrogens is 454 g/mol. The molecule has 7 nitrogen and oxygen atoms in total. The quantitative estimate of drug-likeness (QED) is 0.307. The van der Waals surface area contributed by atoms with E-state index in [2.05, 4.69) is 34.0 Å². The van der Waals surface area contributed by atoms with Crippen molar-refractivity contribution in [1.29, 1.82) is 0 Å². The average Bonchev–Trinajstić information content (AvgIpc) is 3.19. The third-order valence-electron chi connectivity index (χ3n) is 4.50. The predicted octanol–water partition coefficient (Wildman–Crippen LogP) is 5.41. The van der Waals surface area contributed by atoms with E-state index < -0.39 is 0 Å². The van der Waals surface area contributed by atoms with Crippen LogP contribution in [0.4, 0.5) is 10.8 Å². The zero-order valence-electron chi connectivity index (χ0n) is 18.1. The number of amides is 1. The Labute approximate surface area is 195 Å². The van der Waals surface area contributed by atoms with Crippen LogP contribution in [0.25, 0.3) is 10.3 Å². The Hall–Kier alpha value is -2.10. The van der Waals surface area contributed by atoms with E-state index in [-0.39, 0.29) is 11.7 Å². The molecule has 2 heterocycles. The van der Waals surface area contributed by atoms with Gasteiger partial charge in [-0.05, 0) is 31.4 Å². The molecule has 1 aromatic carbocycles. The second kappa shape index (κ2) is 11.0. The smallest absolute Gasteiger partial charge is 0.234 e. The van der Waals surface area contributed by atoms with E-state index in [1.54, 1.807) is 30.6 Å². The van der Waals surface area contributed by atoms with Gasteiger partial charge in [0.15, 0.2) is 10.8 Å². The van der Waals surface area contributed by atoms with Gasteiger partial charge in [0.1, 0.15) is 21.8 Å². The van der Waals surface area contributed by atoms with Crippen LogP contribution < -0.4 is 15.0 Å². The summed E-state index contributed by atoms with van der Waals surface area (Å²) in [6.07, 6.45) is 3.61. The van der Waals surface area contributed by atoms with Gasteiger partial charge < -0.3 is 15.0 Å². The minimum atomic E-state index is -0.153. The van der Waals surface area contributed by atoms with Crippen molar-refractivity contribution in [3.63, 3.8) is 0 Å². The third kappa shape index (κ3) is 5.78. The van der Waals surface area contributed by atoms with Gasteiger partial charge in [-0.2, -0.15) is 4.98 Å². The third-order valence-corrected chi connectivity index (χ3v) is 7.14. The number of methoxy groups -OCH3 is 1. The summed E-state index contributed by atoms with van der Waals surface area (Å²) < 4.78 is 6.24. The first-order valence-electron chi connectivity index (χ1n) is 10.1. The van der Waals surface area contributed by atoms with Crippen LogP contribution in [0, 0.1) is 6.92 Å². The first-order chi connectivity index (χ1) is 15.0. The van der Waals surface area contributed by atoms with Crippen molar-refractivity contribution in [2.24, 2.45) is 0 Å². The Bertz CT molecular complexity index is 1050. The van der Waals surface area contributed by atoms with Gasteiger partial charge >= 0.3 is 0 Å². The summed E-state index contributed by atoms with van der Waals surface area (Å²) in [7, 11) is 1.55. The molecule has 0 aliphatic heterocycles. The number of nitrogens with zero attached hydrogens (tertiary/aromatic N) is 4. The highest BCUT2D eigenvalue weighted by atomic mass is 35.5. The molecule has 1 amide bonds. The SMILES string of the molecule is CCCN(CCC)c1nc2ncnc(SCC(=O)Nc3cc(C)c(Cl)cc3OC)c2s1. The molecule has 31 heavy (non-hydrogen) atoms.